The molecule has 2 aromatic carbocycles. The first kappa shape index (κ1) is 16.2. The topological polar surface area (TPSA) is 77.7 Å². The normalized spacial score (nSPS) is 11.4. The number of rotatable bonds is 4. The summed E-state index contributed by atoms with van der Waals surface area (Å²) in [5.41, 5.74) is 2.67. The van der Waals surface area contributed by atoms with E-state index < -0.39 is 10.0 Å². The molecule has 7 heteroatoms. The maximum Gasteiger partial charge on any atom is 0.284 e. The van der Waals surface area contributed by atoms with Crippen LogP contribution in [0.1, 0.15) is 0 Å². The number of pyridine rings is 1. The third kappa shape index (κ3) is 3.00. The Morgan fingerprint density at radius 1 is 0.731 bits per heavy atom. The van der Waals surface area contributed by atoms with Crippen molar-refractivity contribution in [2.24, 2.45) is 0 Å². The summed E-state index contributed by atoms with van der Waals surface area (Å²) in [5, 5.41) is 4.10. The maximum absolute atomic E-state index is 12.8. The van der Waals surface area contributed by atoms with Crippen LogP contribution in [0.2, 0.25) is 0 Å². The van der Waals surface area contributed by atoms with Crippen molar-refractivity contribution in [3.8, 4) is 22.5 Å². The van der Waals surface area contributed by atoms with Crippen molar-refractivity contribution in [2.75, 3.05) is 0 Å². The maximum atomic E-state index is 12.8. The number of aromatic nitrogens is 4. The second kappa shape index (κ2) is 6.53. The van der Waals surface area contributed by atoms with Gasteiger partial charge in [-0.25, -0.2) is 4.98 Å². The Morgan fingerprint density at radius 2 is 1.38 bits per heavy atom. The fraction of sp³-hybridized carbons (Fsp3) is 0. The molecular weight excluding hydrogens is 348 g/mol. The molecule has 0 fully saturated rings. The lowest BCUT2D eigenvalue weighted by molar-refractivity contribution is 0.580. The molecular formula is C19H14N4O2S. The number of benzene rings is 2. The zero-order valence-corrected chi connectivity index (χ0v) is 14.4. The molecule has 2 heterocycles. The van der Waals surface area contributed by atoms with Gasteiger partial charge in [0.2, 0.25) is 0 Å². The Labute approximate surface area is 150 Å². The van der Waals surface area contributed by atoms with E-state index in [4.69, 9.17) is 0 Å². The average molecular weight is 362 g/mol. The number of nitrogens with zero attached hydrogens (tertiary/aromatic N) is 4. The molecule has 0 N–H and O–H groups in total. The Bertz CT molecular complexity index is 1120. The molecule has 6 nitrogen and oxygen atoms in total. The zero-order chi connectivity index (χ0) is 18.0. The molecule has 0 aliphatic rings. The van der Waals surface area contributed by atoms with Crippen LogP contribution >= 0.6 is 0 Å². The predicted molar refractivity (Wildman–Crippen MR) is 97.7 cm³/mol. The molecule has 0 aliphatic carbocycles. The Kier molecular flexibility index (Phi) is 4.06. The van der Waals surface area contributed by atoms with Gasteiger partial charge < -0.3 is 0 Å². The third-order valence-corrected chi connectivity index (χ3v) is 5.45. The molecule has 4 aromatic rings. The van der Waals surface area contributed by atoms with E-state index in [2.05, 4.69) is 15.1 Å². The first-order valence-electron chi connectivity index (χ1n) is 7.88. The van der Waals surface area contributed by atoms with Crippen molar-refractivity contribution in [2.45, 2.75) is 4.90 Å². The van der Waals surface area contributed by atoms with Crippen LogP contribution in [0.15, 0.2) is 90.3 Å². The molecule has 26 heavy (non-hydrogen) atoms. The van der Waals surface area contributed by atoms with E-state index >= 15 is 0 Å². The molecule has 2 aromatic heterocycles. The SMILES string of the molecule is O=S(=O)(c1ccc(-c2ccccc2)cc1)n1cnc(-c2ccncc2)n1. The largest absolute Gasteiger partial charge is 0.284 e. The van der Waals surface area contributed by atoms with Crippen molar-refractivity contribution in [3.05, 3.63) is 85.5 Å². The highest BCUT2D eigenvalue weighted by Gasteiger charge is 2.19. The summed E-state index contributed by atoms with van der Waals surface area (Å²) in [5.74, 6) is 0.330. The zero-order valence-electron chi connectivity index (χ0n) is 13.6. The summed E-state index contributed by atoms with van der Waals surface area (Å²) in [6.45, 7) is 0. The van der Waals surface area contributed by atoms with Gasteiger partial charge in [-0.05, 0) is 35.4 Å². The minimum atomic E-state index is -3.80. The van der Waals surface area contributed by atoms with Gasteiger partial charge in [-0.1, -0.05) is 42.5 Å². The second-order valence-corrected chi connectivity index (χ2v) is 7.37. The van der Waals surface area contributed by atoms with Gasteiger partial charge in [-0.2, -0.15) is 8.42 Å². The van der Waals surface area contributed by atoms with Gasteiger partial charge in [0.05, 0.1) is 4.90 Å². The molecule has 0 saturated heterocycles. The molecule has 0 spiro atoms. The van der Waals surface area contributed by atoms with Gasteiger partial charge in [0.15, 0.2) is 5.82 Å². The summed E-state index contributed by atoms with van der Waals surface area (Å²) in [7, 11) is -3.80. The van der Waals surface area contributed by atoms with Crippen molar-refractivity contribution in [1.29, 1.82) is 0 Å². The van der Waals surface area contributed by atoms with Gasteiger partial charge in [0.25, 0.3) is 10.0 Å². The quantitative estimate of drug-likeness (QED) is 0.557. The Hall–Kier alpha value is -3.32. The van der Waals surface area contributed by atoms with E-state index in [1.54, 1.807) is 48.8 Å². The summed E-state index contributed by atoms with van der Waals surface area (Å²) < 4.78 is 26.4. The lowest BCUT2D eigenvalue weighted by Crippen LogP contribution is -2.13. The predicted octanol–water partition coefficient (Wildman–Crippen LogP) is 3.24. The van der Waals surface area contributed by atoms with E-state index in [9.17, 15) is 8.42 Å². The highest BCUT2D eigenvalue weighted by atomic mass is 32.2. The molecule has 0 saturated carbocycles. The summed E-state index contributed by atoms with van der Waals surface area (Å²) in [6, 6.07) is 19.9. The summed E-state index contributed by atoms with van der Waals surface area (Å²) >= 11 is 0. The fourth-order valence-corrected chi connectivity index (χ4v) is 3.61. The van der Waals surface area contributed by atoms with Crippen LogP contribution in [-0.4, -0.2) is 27.6 Å². The van der Waals surface area contributed by atoms with Crippen molar-refractivity contribution in [1.82, 2.24) is 19.2 Å². The van der Waals surface area contributed by atoms with Gasteiger partial charge in [-0.3, -0.25) is 4.98 Å². The molecule has 0 bridgehead atoms. The minimum Gasteiger partial charge on any atom is -0.265 e. The highest BCUT2D eigenvalue weighted by Crippen LogP contribution is 2.22. The van der Waals surface area contributed by atoms with Crippen molar-refractivity contribution >= 4 is 10.0 Å². The Morgan fingerprint density at radius 3 is 2.08 bits per heavy atom. The van der Waals surface area contributed by atoms with Crippen LogP contribution in [0.3, 0.4) is 0 Å². The first-order valence-corrected chi connectivity index (χ1v) is 9.32. The monoisotopic (exact) mass is 362 g/mol. The smallest absolute Gasteiger partial charge is 0.265 e. The van der Waals surface area contributed by atoms with E-state index in [1.807, 2.05) is 30.3 Å². The van der Waals surface area contributed by atoms with E-state index in [1.165, 1.54) is 6.33 Å². The van der Waals surface area contributed by atoms with Crippen LogP contribution in [0.25, 0.3) is 22.5 Å². The van der Waals surface area contributed by atoms with E-state index in [0.29, 0.717) is 11.4 Å². The second-order valence-electron chi connectivity index (χ2n) is 5.57. The molecule has 0 unspecified atom stereocenters. The molecule has 4 rings (SSSR count). The van der Waals surface area contributed by atoms with Gasteiger partial charge in [0, 0.05) is 18.0 Å². The minimum absolute atomic E-state index is 0.156. The van der Waals surface area contributed by atoms with Crippen LogP contribution in [0.4, 0.5) is 0 Å². The van der Waals surface area contributed by atoms with Gasteiger partial charge >= 0.3 is 0 Å². The number of hydrogen-bond donors (Lipinski definition) is 0. The van der Waals surface area contributed by atoms with Crippen LogP contribution < -0.4 is 0 Å². The van der Waals surface area contributed by atoms with Crippen LogP contribution in [0, 0.1) is 0 Å². The highest BCUT2D eigenvalue weighted by molar-refractivity contribution is 7.89. The van der Waals surface area contributed by atoms with Crippen LogP contribution in [0.5, 0.6) is 0 Å². The van der Waals surface area contributed by atoms with E-state index in [-0.39, 0.29) is 4.90 Å². The van der Waals surface area contributed by atoms with Gasteiger partial charge in [-0.15, -0.1) is 9.19 Å². The van der Waals surface area contributed by atoms with Crippen molar-refractivity contribution in [3.63, 3.8) is 0 Å². The molecule has 0 atom stereocenters. The third-order valence-electron chi connectivity index (χ3n) is 3.92. The molecule has 0 aliphatic heterocycles. The fourth-order valence-electron chi connectivity index (χ4n) is 2.56. The lowest BCUT2D eigenvalue weighted by Gasteiger charge is -2.06. The molecule has 0 amide bonds. The first-order chi connectivity index (χ1) is 12.6. The van der Waals surface area contributed by atoms with Gasteiger partial charge in [0.1, 0.15) is 6.33 Å². The Balaban J connectivity index is 1.66. The molecule has 0 radical (unpaired) electrons. The summed E-state index contributed by atoms with van der Waals surface area (Å²) in [4.78, 5) is 8.17. The van der Waals surface area contributed by atoms with Crippen LogP contribution in [-0.2, 0) is 10.0 Å². The standard InChI is InChI=1S/C19H14N4O2S/c24-26(25,23-14-21-19(22-23)17-10-12-20-13-11-17)18-8-6-16(7-9-18)15-4-2-1-3-5-15/h1-14H. The van der Waals surface area contributed by atoms with Crippen molar-refractivity contribution < 1.29 is 8.42 Å². The van der Waals surface area contributed by atoms with E-state index in [0.717, 1.165) is 15.2 Å². The average Bonchev–Trinajstić information content (AvgIpc) is 3.21. The lowest BCUT2D eigenvalue weighted by atomic mass is 10.1. The number of hydrogen-bond acceptors (Lipinski definition) is 5. The molecule has 128 valence electrons. The summed E-state index contributed by atoms with van der Waals surface area (Å²) in [6.07, 6.45) is 4.41.